The number of benzene rings is 1. The Morgan fingerprint density at radius 2 is 1.82 bits per heavy atom. The lowest BCUT2D eigenvalue weighted by atomic mass is 9.87. The van der Waals surface area contributed by atoms with Gasteiger partial charge in [0, 0.05) is 50.3 Å². The Morgan fingerprint density at radius 3 is 2.44 bits per heavy atom. The van der Waals surface area contributed by atoms with Gasteiger partial charge < -0.3 is 14.5 Å². The van der Waals surface area contributed by atoms with Gasteiger partial charge in [-0.3, -0.25) is 9.59 Å². The van der Waals surface area contributed by atoms with E-state index < -0.39 is 5.41 Å². The van der Waals surface area contributed by atoms with Crippen molar-refractivity contribution in [3.63, 3.8) is 0 Å². The van der Waals surface area contributed by atoms with Gasteiger partial charge in [-0.2, -0.15) is 10.5 Å². The first-order chi connectivity index (χ1) is 18.8. The first kappa shape index (κ1) is 27.2. The van der Waals surface area contributed by atoms with Crippen molar-refractivity contribution in [2.24, 2.45) is 17.3 Å². The van der Waals surface area contributed by atoms with Gasteiger partial charge in [-0.1, -0.05) is 29.3 Å². The predicted octanol–water partition coefficient (Wildman–Crippen LogP) is 4.81. The standard InChI is InChI=1S/C29H29Cl2N5O3/c30-24-3-2-21(13-25(24)31)23-17-36(16-22(23)7-12-39-26-4-1-19(14-32)15-34-26)27(37)20-5-10-35(11-6-20)28(38)29(18-33)8-9-29/h1-4,13,15,20,22-23H,5-12,16-17H2. The molecule has 202 valence electrons. The second kappa shape index (κ2) is 11.4. The van der Waals surface area contributed by atoms with Crippen LogP contribution in [-0.4, -0.2) is 59.4 Å². The van der Waals surface area contributed by atoms with Crippen molar-refractivity contribution in [1.29, 1.82) is 10.5 Å². The van der Waals surface area contributed by atoms with Crippen molar-refractivity contribution >= 4 is 35.0 Å². The molecule has 2 atom stereocenters. The molecule has 3 aliphatic rings. The number of nitriles is 2. The van der Waals surface area contributed by atoms with Crippen LogP contribution in [0.5, 0.6) is 5.88 Å². The van der Waals surface area contributed by atoms with Crippen LogP contribution in [0.4, 0.5) is 0 Å². The van der Waals surface area contributed by atoms with E-state index in [0.717, 1.165) is 5.56 Å². The smallest absolute Gasteiger partial charge is 0.243 e. The number of carbonyl (C=O) groups is 2. The van der Waals surface area contributed by atoms with E-state index in [-0.39, 0.29) is 29.6 Å². The molecule has 2 aliphatic heterocycles. The Morgan fingerprint density at radius 1 is 1.05 bits per heavy atom. The van der Waals surface area contributed by atoms with Gasteiger partial charge in [0.15, 0.2) is 0 Å². The van der Waals surface area contributed by atoms with Crippen LogP contribution in [-0.2, 0) is 9.59 Å². The van der Waals surface area contributed by atoms with Gasteiger partial charge in [-0.05, 0) is 61.8 Å². The van der Waals surface area contributed by atoms with Crippen LogP contribution in [0.2, 0.25) is 10.0 Å². The third-order valence-corrected chi connectivity index (χ3v) is 8.97. The molecule has 0 spiro atoms. The average Bonchev–Trinajstić information content (AvgIpc) is 3.66. The number of halogens is 2. The molecule has 1 aliphatic carbocycles. The number of hydrogen-bond donors (Lipinski definition) is 0. The molecule has 8 nitrogen and oxygen atoms in total. The largest absolute Gasteiger partial charge is 0.478 e. The number of piperidine rings is 1. The van der Waals surface area contributed by atoms with Crippen molar-refractivity contribution in [2.45, 2.75) is 38.0 Å². The number of carbonyl (C=O) groups excluding carboxylic acids is 2. The fourth-order valence-corrected chi connectivity index (χ4v) is 6.01. The molecule has 0 N–H and O–H groups in total. The van der Waals surface area contributed by atoms with Crippen molar-refractivity contribution in [2.75, 3.05) is 32.8 Å². The number of rotatable bonds is 7. The summed E-state index contributed by atoms with van der Waals surface area (Å²) in [4.78, 5) is 34.2. The number of hydrogen-bond acceptors (Lipinski definition) is 6. The summed E-state index contributed by atoms with van der Waals surface area (Å²) in [6.45, 7) is 2.62. The van der Waals surface area contributed by atoms with Crippen molar-refractivity contribution in [3.8, 4) is 18.0 Å². The van der Waals surface area contributed by atoms with Crippen molar-refractivity contribution < 1.29 is 14.3 Å². The van der Waals surface area contributed by atoms with Gasteiger partial charge in [-0.25, -0.2) is 4.98 Å². The third-order valence-electron chi connectivity index (χ3n) is 8.23. The summed E-state index contributed by atoms with van der Waals surface area (Å²) in [6, 6.07) is 13.2. The second-order valence-electron chi connectivity index (χ2n) is 10.7. The summed E-state index contributed by atoms with van der Waals surface area (Å²) in [7, 11) is 0. The van der Waals surface area contributed by atoms with Crippen LogP contribution < -0.4 is 4.74 Å². The monoisotopic (exact) mass is 565 g/mol. The van der Waals surface area contributed by atoms with Crippen LogP contribution in [0, 0.1) is 39.9 Å². The van der Waals surface area contributed by atoms with E-state index in [1.54, 1.807) is 23.1 Å². The topological polar surface area (TPSA) is 110 Å². The van der Waals surface area contributed by atoms with E-state index in [1.165, 1.54) is 6.20 Å². The number of aromatic nitrogens is 1. The second-order valence-corrected chi connectivity index (χ2v) is 11.5. The molecule has 3 fully saturated rings. The van der Waals surface area contributed by atoms with Crippen LogP contribution in [0.3, 0.4) is 0 Å². The Kier molecular flexibility index (Phi) is 7.98. The molecule has 2 amide bonds. The highest BCUT2D eigenvalue weighted by atomic mass is 35.5. The molecular formula is C29H29Cl2N5O3. The molecule has 2 unspecified atom stereocenters. The highest BCUT2D eigenvalue weighted by Crippen LogP contribution is 2.47. The number of likely N-dealkylation sites (tertiary alicyclic amines) is 2. The lowest BCUT2D eigenvalue weighted by Crippen LogP contribution is -2.46. The highest BCUT2D eigenvalue weighted by Gasteiger charge is 2.53. The minimum absolute atomic E-state index is 0.0754. The van der Waals surface area contributed by atoms with Crippen molar-refractivity contribution in [3.05, 3.63) is 57.7 Å². The summed E-state index contributed by atoms with van der Waals surface area (Å²) in [6.07, 6.45) is 4.68. The maximum Gasteiger partial charge on any atom is 0.243 e. The Balaban J connectivity index is 1.23. The minimum Gasteiger partial charge on any atom is -0.478 e. The minimum atomic E-state index is -0.818. The molecule has 39 heavy (non-hydrogen) atoms. The fourth-order valence-electron chi connectivity index (χ4n) is 5.70. The predicted molar refractivity (Wildman–Crippen MR) is 145 cm³/mol. The lowest BCUT2D eigenvalue weighted by molar-refractivity contribution is -0.141. The normalized spacial score (nSPS) is 22.2. The van der Waals surface area contributed by atoms with Gasteiger partial charge in [0.05, 0.1) is 28.3 Å². The highest BCUT2D eigenvalue weighted by molar-refractivity contribution is 6.42. The molecule has 2 saturated heterocycles. The zero-order valence-electron chi connectivity index (χ0n) is 21.5. The fraction of sp³-hybridized carbons (Fsp3) is 0.483. The third kappa shape index (κ3) is 5.83. The molecule has 0 bridgehead atoms. The van der Waals surface area contributed by atoms with E-state index in [0.29, 0.717) is 86.4 Å². The zero-order valence-corrected chi connectivity index (χ0v) is 23.0. The summed E-state index contributed by atoms with van der Waals surface area (Å²) < 4.78 is 5.85. The number of ether oxygens (including phenoxy) is 1. The zero-order chi connectivity index (χ0) is 27.6. The van der Waals surface area contributed by atoms with Crippen LogP contribution in [0.25, 0.3) is 0 Å². The Hall–Kier alpha value is -3.33. The van der Waals surface area contributed by atoms with Gasteiger partial charge in [-0.15, -0.1) is 0 Å². The van der Waals surface area contributed by atoms with Gasteiger partial charge in [0.1, 0.15) is 11.5 Å². The maximum absolute atomic E-state index is 13.6. The molecule has 2 aromatic rings. The Bertz CT molecular complexity index is 1320. The Labute approximate surface area is 238 Å². The lowest BCUT2D eigenvalue weighted by Gasteiger charge is -2.34. The van der Waals surface area contributed by atoms with Crippen LogP contribution in [0.15, 0.2) is 36.5 Å². The summed E-state index contributed by atoms with van der Waals surface area (Å²) in [5.41, 5.74) is 0.689. The summed E-state index contributed by atoms with van der Waals surface area (Å²) in [5.74, 6) is 0.583. The number of pyridine rings is 1. The van der Waals surface area contributed by atoms with Crippen LogP contribution in [0.1, 0.15) is 49.1 Å². The molecule has 10 heteroatoms. The molecule has 1 aromatic heterocycles. The molecule has 5 rings (SSSR count). The summed E-state index contributed by atoms with van der Waals surface area (Å²) in [5, 5.41) is 19.3. The SMILES string of the molecule is N#Cc1ccc(OCCC2CN(C(=O)C3CCN(C(=O)C4(C#N)CC4)CC3)CC2c2ccc(Cl)c(Cl)c2)nc1. The molecule has 1 saturated carbocycles. The molecule has 0 radical (unpaired) electrons. The molecule has 1 aromatic carbocycles. The van der Waals surface area contributed by atoms with E-state index in [2.05, 4.69) is 11.1 Å². The summed E-state index contributed by atoms with van der Waals surface area (Å²) >= 11 is 12.5. The van der Waals surface area contributed by atoms with Gasteiger partial charge in [0.25, 0.3) is 0 Å². The number of nitrogens with zero attached hydrogens (tertiary/aromatic N) is 5. The quantitative estimate of drug-likeness (QED) is 0.476. The van der Waals surface area contributed by atoms with E-state index in [9.17, 15) is 14.9 Å². The van der Waals surface area contributed by atoms with Gasteiger partial charge in [0.2, 0.25) is 17.7 Å². The van der Waals surface area contributed by atoms with Crippen LogP contribution >= 0.6 is 23.2 Å². The first-order valence-corrected chi connectivity index (χ1v) is 14.0. The number of amides is 2. The van der Waals surface area contributed by atoms with E-state index >= 15 is 0 Å². The molecular weight excluding hydrogens is 537 g/mol. The maximum atomic E-state index is 13.6. The molecule has 3 heterocycles. The van der Waals surface area contributed by atoms with E-state index in [4.69, 9.17) is 33.2 Å². The van der Waals surface area contributed by atoms with Crippen molar-refractivity contribution in [1.82, 2.24) is 14.8 Å². The first-order valence-electron chi connectivity index (χ1n) is 13.3. The average molecular weight is 566 g/mol. The van der Waals surface area contributed by atoms with Gasteiger partial charge >= 0.3 is 0 Å². The van der Waals surface area contributed by atoms with E-state index in [1.807, 2.05) is 23.1 Å².